The van der Waals surface area contributed by atoms with E-state index in [0.717, 1.165) is 30.9 Å². The molecule has 3 rings (SSSR count). The number of aromatic nitrogens is 3. The largest absolute Gasteiger partial charge is 0.330 e. The van der Waals surface area contributed by atoms with Gasteiger partial charge in [-0.1, -0.05) is 43.2 Å². The second-order valence-electron chi connectivity index (χ2n) is 5.30. The van der Waals surface area contributed by atoms with Crippen molar-refractivity contribution in [3.05, 3.63) is 47.5 Å². The third-order valence-electron chi connectivity index (χ3n) is 4.12. The summed E-state index contributed by atoms with van der Waals surface area (Å²) in [5.74, 6) is 1.85. The molecule has 1 aliphatic carbocycles. The molecule has 1 fully saturated rings. The van der Waals surface area contributed by atoms with Gasteiger partial charge in [-0.15, -0.1) is 0 Å². The Morgan fingerprint density at radius 3 is 2.58 bits per heavy atom. The van der Waals surface area contributed by atoms with E-state index in [-0.39, 0.29) is 5.41 Å². The first-order valence-corrected chi connectivity index (χ1v) is 7.02. The number of hydrogen-bond acceptors (Lipinski definition) is 3. The van der Waals surface area contributed by atoms with Crippen molar-refractivity contribution in [2.75, 3.05) is 6.54 Å². The number of benzene rings is 1. The molecule has 3 N–H and O–H groups in total. The highest BCUT2D eigenvalue weighted by Gasteiger charge is 2.40. The molecule has 0 saturated heterocycles. The van der Waals surface area contributed by atoms with E-state index < -0.39 is 0 Å². The van der Waals surface area contributed by atoms with E-state index in [1.807, 2.05) is 0 Å². The van der Waals surface area contributed by atoms with Crippen LogP contribution in [0.1, 0.15) is 42.9 Å². The van der Waals surface area contributed by atoms with Gasteiger partial charge in [0.15, 0.2) is 5.82 Å². The number of rotatable bonds is 4. The van der Waals surface area contributed by atoms with Crippen molar-refractivity contribution in [2.24, 2.45) is 5.73 Å². The highest BCUT2D eigenvalue weighted by Crippen LogP contribution is 2.44. The summed E-state index contributed by atoms with van der Waals surface area (Å²) in [6.45, 7) is 0.604. The smallest absolute Gasteiger partial charge is 0.161 e. The minimum atomic E-state index is 0.00457. The molecule has 4 heteroatoms. The molecule has 1 aromatic carbocycles. The molecule has 1 heterocycles. The van der Waals surface area contributed by atoms with Crippen molar-refractivity contribution in [3.8, 4) is 0 Å². The summed E-state index contributed by atoms with van der Waals surface area (Å²) >= 11 is 0. The Labute approximate surface area is 113 Å². The predicted molar refractivity (Wildman–Crippen MR) is 74.8 cm³/mol. The summed E-state index contributed by atoms with van der Waals surface area (Å²) in [6.07, 6.45) is 5.52. The van der Waals surface area contributed by atoms with E-state index >= 15 is 0 Å². The number of nitrogens with two attached hydrogens (primary N) is 1. The van der Waals surface area contributed by atoms with Gasteiger partial charge in [-0.3, -0.25) is 5.10 Å². The second-order valence-corrected chi connectivity index (χ2v) is 5.30. The van der Waals surface area contributed by atoms with E-state index in [2.05, 4.69) is 45.5 Å². The molecule has 100 valence electrons. The van der Waals surface area contributed by atoms with Crippen LogP contribution in [0, 0.1) is 0 Å². The molecule has 0 atom stereocenters. The third kappa shape index (κ3) is 2.16. The fraction of sp³-hybridized carbons (Fsp3) is 0.467. The van der Waals surface area contributed by atoms with E-state index in [1.54, 1.807) is 0 Å². The second kappa shape index (κ2) is 5.13. The van der Waals surface area contributed by atoms with E-state index in [4.69, 9.17) is 5.73 Å². The molecular formula is C15H20N4. The Morgan fingerprint density at radius 1 is 1.16 bits per heavy atom. The van der Waals surface area contributed by atoms with Crippen molar-refractivity contribution in [3.63, 3.8) is 0 Å². The van der Waals surface area contributed by atoms with Gasteiger partial charge in [-0.25, -0.2) is 4.98 Å². The minimum Gasteiger partial charge on any atom is -0.330 e. The van der Waals surface area contributed by atoms with E-state index in [1.165, 1.54) is 18.4 Å². The van der Waals surface area contributed by atoms with Crippen molar-refractivity contribution in [2.45, 2.75) is 37.5 Å². The average Bonchev–Trinajstić information content (AvgIpc) is 3.09. The lowest BCUT2D eigenvalue weighted by Crippen LogP contribution is -2.25. The fourth-order valence-electron chi connectivity index (χ4n) is 3.13. The van der Waals surface area contributed by atoms with Crippen LogP contribution in [-0.2, 0) is 11.8 Å². The normalized spacial score (nSPS) is 17.7. The van der Waals surface area contributed by atoms with Gasteiger partial charge >= 0.3 is 0 Å². The lowest BCUT2D eigenvalue weighted by atomic mass is 9.78. The number of hydrogen-bond donors (Lipinski definition) is 2. The molecule has 0 spiro atoms. The molecule has 0 aliphatic heterocycles. The number of aromatic amines is 1. The molecule has 19 heavy (non-hydrogen) atoms. The van der Waals surface area contributed by atoms with Gasteiger partial charge in [-0.05, 0) is 24.9 Å². The first kappa shape index (κ1) is 12.4. The van der Waals surface area contributed by atoms with Gasteiger partial charge in [0.2, 0.25) is 0 Å². The molecule has 0 unspecified atom stereocenters. The highest BCUT2D eigenvalue weighted by atomic mass is 15.2. The standard InChI is InChI=1S/C15H20N4/c16-11-8-13-17-14(19-18-13)15(9-4-5-10-15)12-6-2-1-3-7-12/h1-3,6-7H,4-5,8-11,16H2,(H,17,18,19). The molecule has 0 radical (unpaired) electrons. The van der Waals surface area contributed by atoms with Gasteiger partial charge in [0.25, 0.3) is 0 Å². The molecule has 1 saturated carbocycles. The quantitative estimate of drug-likeness (QED) is 0.881. The van der Waals surface area contributed by atoms with Gasteiger partial charge in [0.05, 0.1) is 5.41 Å². The van der Waals surface area contributed by atoms with Crippen molar-refractivity contribution >= 4 is 0 Å². The zero-order chi connectivity index (χ0) is 13.1. The summed E-state index contributed by atoms with van der Waals surface area (Å²) in [7, 11) is 0. The third-order valence-corrected chi connectivity index (χ3v) is 4.12. The Bertz CT molecular complexity index is 526. The fourth-order valence-corrected chi connectivity index (χ4v) is 3.13. The number of nitrogens with zero attached hydrogens (tertiary/aromatic N) is 2. The zero-order valence-electron chi connectivity index (χ0n) is 11.1. The van der Waals surface area contributed by atoms with Crippen molar-refractivity contribution in [1.82, 2.24) is 15.2 Å². The lowest BCUT2D eigenvalue weighted by Gasteiger charge is -2.26. The first-order valence-electron chi connectivity index (χ1n) is 7.02. The van der Waals surface area contributed by atoms with Crippen LogP contribution in [0.2, 0.25) is 0 Å². The van der Waals surface area contributed by atoms with Crippen LogP contribution in [0.5, 0.6) is 0 Å². The highest BCUT2D eigenvalue weighted by molar-refractivity contribution is 5.34. The van der Waals surface area contributed by atoms with Crippen LogP contribution in [-0.4, -0.2) is 21.7 Å². The van der Waals surface area contributed by atoms with Gasteiger partial charge in [0, 0.05) is 6.42 Å². The molecule has 4 nitrogen and oxygen atoms in total. The molecule has 1 aliphatic rings. The summed E-state index contributed by atoms with van der Waals surface area (Å²) in [5.41, 5.74) is 6.92. The van der Waals surface area contributed by atoms with Crippen LogP contribution in [0.4, 0.5) is 0 Å². The van der Waals surface area contributed by atoms with E-state index in [0.29, 0.717) is 6.54 Å². The summed E-state index contributed by atoms with van der Waals surface area (Å²) < 4.78 is 0. The summed E-state index contributed by atoms with van der Waals surface area (Å²) in [4.78, 5) is 4.68. The van der Waals surface area contributed by atoms with Gasteiger partial charge in [0.1, 0.15) is 5.82 Å². The Morgan fingerprint density at radius 2 is 1.89 bits per heavy atom. The zero-order valence-corrected chi connectivity index (χ0v) is 11.1. The monoisotopic (exact) mass is 256 g/mol. The summed E-state index contributed by atoms with van der Waals surface area (Å²) in [6, 6.07) is 10.7. The first-order chi connectivity index (χ1) is 9.35. The van der Waals surface area contributed by atoms with Crippen LogP contribution >= 0.6 is 0 Å². The van der Waals surface area contributed by atoms with E-state index in [9.17, 15) is 0 Å². The molecule has 0 bridgehead atoms. The van der Waals surface area contributed by atoms with Gasteiger partial charge < -0.3 is 5.73 Å². The Balaban J connectivity index is 2.00. The maximum Gasteiger partial charge on any atom is 0.161 e. The topological polar surface area (TPSA) is 67.6 Å². The van der Waals surface area contributed by atoms with Gasteiger partial charge in [-0.2, -0.15) is 5.10 Å². The molecule has 1 aromatic heterocycles. The van der Waals surface area contributed by atoms with Crippen molar-refractivity contribution < 1.29 is 0 Å². The number of nitrogens with one attached hydrogen (secondary N) is 1. The maximum atomic E-state index is 5.58. The van der Waals surface area contributed by atoms with Crippen LogP contribution < -0.4 is 5.73 Å². The molecule has 2 aromatic rings. The minimum absolute atomic E-state index is 0.00457. The Hall–Kier alpha value is -1.68. The van der Waals surface area contributed by atoms with Crippen LogP contribution in [0.3, 0.4) is 0 Å². The molecule has 0 amide bonds. The van der Waals surface area contributed by atoms with Crippen LogP contribution in [0.25, 0.3) is 0 Å². The predicted octanol–water partition coefficient (Wildman–Crippen LogP) is 2.17. The van der Waals surface area contributed by atoms with Crippen LogP contribution in [0.15, 0.2) is 30.3 Å². The average molecular weight is 256 g/mol. The SMILES string of the molecule is NCCc1nc(C2(c3ccccc3)CCCC2)n[nH]1. The summed E-state index contributed by atoms with van der Waals surface area (Å²) in [5, 5.41) is 7.51. The number of H-pyrrole nitrogens is 1. The van der Waals surface area contributed by atoms with Crippen molar-refractivity contribution in [1.29, 1.82) is 0 Å². The lowest BCUT2D eigenvalue weighted by molar-refractivity contribution is 0.501. The molecular weight excluding hydrogens is 236 g/mol. The Kier molecular flexibility index (Phi) is 3.34. The maximum absolute atomic E-state index is 5.58.